The van der Waals surface area contributed by atoms with Crippen LogP contribution in [0.5, 0.6) is 0 Å². The largest absolute Gasteiger partial charge is 0.298 e. The molecule has 0 heterocycles. The second-order valence-electron chi connectivity index (χ2n) is 4.25. The van der Waals surface area contributed by atoms with Crippen molar-refractivity contribution in [2.45, 2.75) is 31.8 Å². The third-order valence-corrected chi connectivity index (χ3v) is 5.11. The molecule has 0 aromatic rings. The zero-order valence-corrected chi connectivity index (χ0v) is 9.09. The van der Waals surface area contributed by atoms with Crippen LogP contribution in [0.15, 0.2) is 0 Å². The molecule has 0 saturated heterocycles. The van der Waals surface area contributed by atoms with Crippen LogP contribution in [0, 0.1) is 10.8 Å². The Balaban J connectivity index is 3.08. The first-order valence-corrected chi connectivity index (χ1v) is 4.55. The number of hydrogen-bond donors (Lipinski definition) is 2. The van der Waals surface area contributed by atoms with Gasteiger partial charge in [0, 0.05) is 10.8 Å². The Morgan fingerprint density at radius 1 is 1.00 bits per heavy atom. The van der Waals surface area contributed by atoms with Crippen LogP contribution in [-0.2, 0) is 4.79 Å². The summed E-state index contributed by atoms with van der Waals surface area (Å²) >= 11 is 8.81. The predicted molar refractivity (Wildman–Crippen MR) is 53.3 cm³/mol. The van der Waals surface area contributed by atoms with E-state index in [0.29, 0.717) is 0 Å². The predicted octanol–water partition coefficient (Wildman–Crippen LogP) is 2.18. The van der Waals surface area contributed by atoms with Crippen LogP contribution in [0.3, 0.4) is 0 Å². The normalized spacial score (nSPS) is 31.3. The van der Waals surface area contributed by atoms with E-state index in [9.17, 15) is 4.79 Å². The second kappa shape index (κ2) is 1.99. The standard InChI is InChI=1S/C8H14OS2/c1-6(2)5(9)7(3,4)8(6,10)11/h10-11H,1-4H3. The van der Waals surface area contributed by atoms with E-state index in [0.717, 1.165) is 0 Å². The van der Waals surface area contributed by atoms with Crippen molar-refractivity contribution < 1.29 is 4.79 Å². The van der Waals surface area contributed by atoms with E-state index in [4.69, 9.17) is 0 Å². The molecule has 11 heavy (non-hydrogen) atoms. The van der Waals surface area contributed by atoms with Crippen molar-refractivity contribution in [1.82, 2.24) is 0 Å². The number of carbonyl (C=O) groups excluding carboxylic acids is 1. The van der Waals surface area contributed by atoms with Gasteiger partial charge in [-0.25, -0.2) is 0 Å². The first-order chi connectivity index (χ1) is 4.65. The van der Waals surface area contributed by atoms with Crippen LogP contribution < -0.4 is 0 Å². The summed E-state index contributed by atoms with van der Waals surface area (Å²) in [6.45, 7) is 7.56. The monoisotopic (exact) mass is 190 g/mol. The van der Waals surface area contributed by atoms with Crippen LogP contribution >= 0.6 is 25.3 Å². The van der Waals surface area contributed by atoms with Gasteiger partial charge in [-0.2, -0.15) is 25.3 Å². The Bertz CT molecular complexity index is 196. The van der Waals surface area contributed by atoms with Crippen LogP contribution in [0.25, 0.3) is 0 Å². The van der Waals surface area contributed by atoms with Gasteiger partial charge in [0.2, 0.25) is 0 Å². The van der Waals surface area contributed by atoms with Gasteiger partial charge in [-0.3, -0.25) is 4.79 Å². The van der Waals surface area contributed by atoms with Gasteiger partial charge in [-0.15, -0.1) is 0 Å². The molecule has 0 N–H and O–H groups in total. The van der Waals surface area contributed by atoms with Crippen molar-refractivity contribution in [2.24, 2.45) is 10.8 Å². The molecule has 3 heteroatoms. The fraction of sp³-hybridized carbons (Fsp3) is 0.875. The Morgan fingerprint density at radius 2 is 1.27 bits per heavy atom. The molecule has 0 aromatic heterocycles. The van der Waals surface area contributed by atoms with Crippen molar-refractivity contribution >= 4 is 31.0 Å². The van der Waals surface area contributed by atoms with Gasteiger partial charge in [0.05, 0.1) is 4.08 Å². The molecule has 0 radical (unpaired) electrons. The third kappa shape index (κ3) is 0.788. The molecule has 1 aliphatic rings. The number of rotatable bonds is 0. The molecule has 1 nitrogen and oxygen atoms in total. The Morgan fingerprint density at radius 3 is 1.36 bits per heavy atom. The molecule has 0 spiro atoms. The van der Waals surface area contributed by atoms with Crippen LogP contribution in [0.1, 0.15) is 27.7 Å². The third-order valence-electron chi connectivity index (χ3n) is 2.88. The molecular weight excluding hydrogens is 176 g/mol. The lowest BCUT2D eigenvalue weighted by atomic mass is 9.54. The van der Waals surface area contributed by atoms with Gasteiger partial charge in [0.25, 0.3) is 0 Å². The zero-order chi connectivity index (χ0) is 9.08. The van der Waals surface area contributed by atoms with Crippen molar-refractivity contribution in [2.75, 3.05) is 0 Å². The fourth-order valence-electron chi connectivity index (χ4n) is 1.82. The highest BCUT2D eigenvalue weighted by atomic mass is 32.2. The summed E-state index contributed by atoms with van der Waals surface area (Å²) in [5.41, 5.74) is -0.800. The van der Waals surface area contributed by atoms with Crippen molar-refractivity contribution in [3.63, 3.8) is 0 Å². The van der Waals surface area contributed by atoms with E-state index in [1.807, 2.05) is 27.7 Å². The summed E-state index contributed by atoms with van der Waals surface area (Å²) in [7, 11) is 0. The molecule has 0 amide bonds. The van der Waals surface area contributed by atoms with Gasteiger partial charge in [0.15, 0.2) is 0 Å². The minimum atomic E-state index is -0.475. The lowest BCUT2D eigenvalue weighted by Crippen LogP contribution is -2.68. The first-order valence-electron chi connectivity index (χ1n) is 3.65. The number of Topliss-reactive ketones (excluding diaryl/α,β-unsaturated/α-hetero) is 1. The average Bonchev–Trinajstić information content (AvgIpc) is 1.84. The van der Waals surface area contributed by atoms with Crippen LogP contribution in [-0.4, -0.2) is 9.86 Å². The minimum absolute atomic E-state index is 0.245. The molecule has 1 saturated carbocycles. The lowest BCUT2D eigenvalue weighted by Gasteiger charge is -2.60. The summed E-state index contributed by atoms with van der Waals surface area (Å²) in [5.74, 6) is 0.245. The number of thiol groups is 2. The summed E-state index contributed by atoms with van der Waals surface area (Å²) in [4.78, 5) is 11.5. The highest BCUT2D eigenvalue weighted by molar-refractivity contribution is 8.01. The van der Waals surface area contributed by atoms with E-state index in [1.54, 1.807) is 0 Å². The topological polar surface area (TPSA) is 17.1 Å². The maximum Gasteiger partial charge on any atom is 0.148 e. The maximum absolute atomic E-state index is 11.5. The van der Waals surface area contributed by atoms with Gasteiger partial charge >= 0.3 is 0 Å². The molecule has 0 aromatic carbocycles. The average molecular weight is 190 g/mol. The van der Waals surface area contributed by atoms with Crippen molar-refractivity contribution in [3.05, 3.63) is 0 Å². The summed E-state index contributed by atoms with van der Waals surface area (Å²) in [5, 5.41) is 0. The van der Waals surface area contributed by atoms with Crippen LogP contribution in [0.2, 0.25) is 0 Å². The SMILES string of the molecule is CC1(C)C(=O)C(C)(C)C1(S)S. The Labute approximate surface area is 78.8 Å². The molecule has 0 bridgehead atoms. The molecule has 1 rings (SSSR count). The fourth-order valence-corrected chi connectivity index (χ4v) is 2.22. The number of ketones is 1. The Kier molecular flexibility index (Phi) is 1.71. The smallest absolute Gasteiger partial charge is 0.148 e. The van der Waals surface area contributed by atoms with E-state index < -0.39 is 14.9 Å². The first kappa shape index (κ1) is 9.46. The van der Waals surface area contributed by atoms with E-state index in [1.165, 1.54) is 0 Å². The van der Waals surface area contributed by atoms with E-state index in [-0.39, 0.29) is 5.78 Å². The molecule has 0 aliphatic heterocycles. The molecule has 0 atom stereocenters. The van der Waals surface area contributed by atoms with Gasteiger partial charge < -0.3 is 0 Å². The Hall–Kier alpha value is 0.370. The zero-order valence-electron chi connectivity index (χ0n) is 7.30. The van der Waals surface area contributed by atoms with Gasteiger partial charge in [0.1, 0.15) is 5.78 Å². The van der Waals surface area contributed by atoms with Crippen molar-refractivity contribution in [1.29, 1.82) is 0 Å². The molecule has 64 valence electrons. The maximum atomic E-state index is 11.5. The molecule has 0 unspecified atom stereocenters. The highest BCUT2D eigenvalue weighted by Gasteiger charge is 2.69. The summed E-state index contributed by atoms with van der Waals surface area (Å²) < 4.78 is -0.475. The van der Waals surface area contributed by atoms with Gasteiger partial charge in [-0.05, 0) is 0 Å². The van der Waals surface area contributed by atoms with E-state index >= 15 is 0 Å². The number of hydrogen-bond acceptors (Lipinski definition) is 3. The van der Waals surface area contributed by atoms with Crippen LogP contribution in [0.4, 0.5) is 0 Å². The van der Waals surface area contributed by atoms with Gasteiger partial charge in [-0.1, -0.05) is 27.7 Å². The summed E-state index contributed by atoms with van der Waals surface area (Å²) in [6, 6.07) is 0. The van der Waals surface area contributed by atoms with E-state index in [2.05, 4.69) is 25.3 Å². The van der Waals surface area contributed by atoms with Crippen molar-refractivity contribution in [3.8, 4) is 0 Å². The molecule has 1 aliphatic carbocycles. The minimum Gasteiger partial charge on any atom is -0.298 e. The highest BCUT2D eigenvalue weighted by Crippen LogP contribution is 2.64. The summed E-state index contributed by atoms with van der Waals surface area (Å²) in [6.07, 6.45) is 0. The quantitative estimate of drug-likeness (QED) is 0.442. The lowest BCUT2D eigenvalue weighted by molar-refractivity contribution is -0.152. The molecule has 1 fully saturated rings. The number of carbonyl (C=O) groups is 1. The second-order valence-corrected chi connectivity index (χ2v) is 5.95. The molecular formula is C8H14OS2.